The first-order chi connectivity index (χ1) is 7.61. The fourth-order valence-electron chi connectivity index (χ4n) is 1.32. The summed E-state index contributed by atoms with van der Waals surface area (Å²) in [4.78, 5) is 7.01. The number of benzene rings is 1. The Bertz CT molecular complexity index is 447. The van der Waals surface area contributed by atoms with Crippen LogP contribution < -0.4 is 11.1 Å². The number of hydrogen-bond donors (Lipinski definition) is 3. The summed E-state index contributed by atoms with van der Waals surface area (Å²) in [6.07, 6.45) is 0. The lowest BCUT2D eigenvalue weighted by atomic mass is 10.3. The van der Waals surface area contributed by atoms with Gasteiger partial charge in [-0.05, 0) is 12.1 Å². The number of aromatic nitrogens is 2. The molecule has 2 rings (SSSR count). The van der Waals surface area contributed by atoms with Crippen LogP contribution in [0.3, 0.4) is 0 Å². The van der Waals surface area contributed by atoms with E-state index < -0.39 is 19.0 Å². The minimum absolute atomic E-state index is 0.328. The summed E-state index contributed by atoms with van der Waals surface area (Å²) in [5, 5.41) is 2.53. The third-order valence-electron chi connectivity index (χ3n) is 2.20. The van der Waals surface area contributed by atoms with E-state index in [9.17, 15) is 8.78 Å². The number of nitrogens with one attached hydrogen (secondary N) is 2. The average Bonchev–Trinajstić information content (AvgIpc) is 2.69. The molecule has 0 fully saturated rings. The van der Waals surface area contributed by atoms with Gasteiger partial charge in [0.25, 0.3) is 5.92 Å². The van der Waals surface area contributed by atoms with E-state index in [-0.39, 0.29) is 0 Å². The van der Waals surface area contributed by atoms with Gasteiger partial charge in [0, 0.05) is 0 Å². The fraction of sp³-hybridized carbons (Fsp3) is 0.300. The summed E-state index contributed by atoms with van der Waals surface area (Å²) < 4.78 is 25.7. The molecular weight excluding hydrogens is 214 g/mol. The van der Waals surface area contributed by atoms with Crippen LogP contribution in [0, 0.1) is 0 Å². The molecule has 4 N–H and O–H groups in total. The second-order valence-corrected chi connectivity index (χ2v) is 3.52. The molecule has 0 aliphatic heterocycles. The Morgan fingerprint density at radius 1 is 1.38 bits per heavy atom. The van der Waals surface area contributed by atoms with Crippen LogP contribution in [-0.2, 0) is 0 Å². The Morgan fingerprint density at radius 3 is 2.81 bits per heavy atom. The molecule has 0 radical (unpaired) electrons. The maximum absolute atomic E-state index is 12.9. The zero-order valence-electron chi connectivity index (χ0n) is 8.50. The van der Waals surface area contributed by atoms with Crippen molar-refractivity contribution < 1.29 is 8.78 Å². The van der Waals surface area contributed by atoms with Crippen LogP contribution in [-0.4, -0.2) is 29.0 Å². The average molecular weight is 226 g/mol. The van der Waals surface area contributed by atoms with Crippen LogP contribution in [0.4, 0.5) is 14.7 Å². The van der Waals surface area contributed by atoms with Crippen molar-refractivity contribution >= 4 is 17.0 Å². The first-order valence-corrected chi connectivity index (χ1v) is 4.87. The summed E-state index contributed by atoms with van der Waals surface area (Å²) >= 11 is 0. The van der Waals surface area contributed by atoms with Gasteiger partial charge >= 0.3 is 0 Å². The molecule has 0 aliphatic carbocycles. The van der Waals surface area contributed by atoms with Crippen molar-refractivity contribution in [3.05, 3.63) is 24.3 Å². The lowest BCUT2D eigenvalue weighted by Gasteiger charge is -2.13. The zero-order valence-corrected chi connectivity index (χ0v) is 8.50. The van der Waals surface area contributed by atoms with Crippen molar-refractivity contribution in [2.24, 2.45) is 5.73 Å². The maximum atomic E-state index is 12.9. The Morgan fingerprint density at radius 2 is 2.12 bits per heavy atom. The highest BCUT2D eigenvalue weighted by Gasteiger charge is 2.26. The summed E-state index contributed by atoms with van der Waals surface area (Å²) in [6, 6.07) is 7.31. The largest absolute Gasteiger partial charge is 0.350 e. The third-order valence-corrected chi connectivity index (χ3v) is 2.20. The highest BCUT2D eigenvalue weighted by Crippen LogP contribution is 2.15. The van der Waals surface area contributed by atoms with E-state index in [1.807, 2.05) is 18.2 Å². The van der Waals surface area contributed by atoms with Crippen molar-refractivity contribution in [2.45, 2.75) is 5.92 Å². The monoisotopic (exact) mass is 226 g/mol. The van der Waals surface area contributed by atoms with E-state index in [4.69, 9.17) is 5.73 Å². The molecule has 4 nitrogen and oxygen atoms in total. The van der Waals surface area contributed by atoms with Crippen molar-refractivity contribution in [2.75, 3.05) is 18.4 Å². The van der Waals surface area contributed by atoms with Gasteiger partial charge in [0.15, 0.2) is 0 Å². The summed E-state index contributed by atoms with van der Waals surface area (Å²) in [6.45, 7) is -1.20. The Labute approximate surface area is 90.9 Å². The number of rotatable bonds is 4. The molecular formula is C10H12F2N4. The van der Waals surface area contributed by atoms with E-state index in [1.165, 1.54) is 0 Å². The van der Waals surface area contributed by atoms with Crippen molar-refractivity contribution in [3.8, 4) is 0 Å². The Hall–Kier alpha value is -1.69. The van der Waals surface area contributed by atoms with Crippen molar-refractivity contribution in [1.29, 1.82) is 0 Å². The Kier molecular flexibility index (Phi) is 2.74. The third kappa shape index (κ3) is 2.27. The second kappa shape index (κ2) is 4.05. The number of para-hydroxylation sites is 2. The number of alkyl halides is 2. The van der Waals surface area contributed by atoms with Gasteiger partial charge < -0.3 is 16.0 Å². The molecule has 0 spiro atoms. The van der Waals surface area contributed by atoms with E-state index >= 15 is 0 Å². The molecule has 1 aromatic heterocycles. The molecule has 1 aromatic carbocycles. The quantitative estimate of drug-likeness (QED) is 0.741. The molecule has 1 heterocycles. The number of nitrogens with zero attached hydrogens (tertiary/aromatic N) is 1. The zero-order chi connectivity index (χ0) is 11.6. The molecule has 0 amide bonds. The van der Waals surface area contributed by atoms with Crippen LogP contribution in [0.1, 0.15) is 0 Å². The summed E-state index contributed by atoms with van der Waals surface area (Å²) in [5.74, 6) is -2.59. The van der Waals surface area contributed by atoms with Gasteiger partial charge in [-0.1, -0.05) is 12.1 Å². The van der Waals surface area contributed by atoms with Crippen LogP contribution >= 0.6 is 0 Å². The Balaban J connectivity index is 2.10. The molecule has 0 unspecified atom stereocenters. The molecule has 16 heavy (non-hydrogen) atoms. The normalized spacial score (nSPS) is 11.9. The summed E-state index contributed by atoms with van der Waals surface area (Å²) in [5.41, 5.74) is 6.47. The summed E-state index contributed by atoms with van der Waals surface area (Å²) in [7, 11) is 0. The lowest BCUT2D eigenvalue weighted by molar-refractivity contribution is 0.0252. The van der Waals surface area contributed by atoms with Gasteiger partial charge in [0.2, 0.25) is 5.95 Å². The number of aromatic amines is 1. The highest BCUT2D eigenvalue weighted by molar-refractivity contribution is 5.77. The molecule has 0 atom stereocenters. The predicted molar refractivity (Wildman–Crippen MR) is 58.6 cm³/mol. The van der Waals surface area contributed by atoms with E-state index in [2.05, 4.69) is 15.3 Å². The number of nitrogens with two attached hydrogens (primary N) is 1. The topological polar surface area (TPSA) is 66.7 Å². The number of imidazole rings is 1. The molecule has 0 bridgehead atoms. The van der Waals surface area contributed by atoms with Crippen LogP contribution in [0.2, 0.25) is 0 Å². The van der Waals surface area contributed by atoms with Crippen molar-refractivity contribution in [1.82, 2.24) is 9.97 Å². The highest BCUT2D eigenvalue weighted by atomic mass is 19.3. The number of hydrogen-bond acceptors (Lipinski definition) is 3. The lowest BCUT2D eigenvalue weighted by Crippen LogP contribution is -2.35. The van der Waals surface area contributed by atoms with Gasteiger partial charge in [0.1, 0.15) is 0 Å². The second-order valence-electron chi connectivity index (χ2n) is 3.52. The first kappa shape index (κ1) is 10.8. The molecule has 0 saturated heterocycles. The number of H-pyrrole nitrogens is 1. The number of fused-ring (bicyclic) bond motifs is 1. The van der Waals surface area contributed by atoms with Gasteiger partial charge in [-0.3, -0.25) is 0 Å². The van der Waals surface area contributed by atoms with Crippen LogP contribution in [0.25, 0.3) is 11.0 Å². The SMILES string of the molecule is NCC(F)(F)CNc1nc2ccccc2[nH]1. The smallest absolute Gasteiger partial charge is 0.277 e. The molecule has 6 heteroatoms. The van der Waals surface area contributed by atoms with Gasteiger partial charge in [-0.25, -0.2) is 13.8 Å². The predicted octanol–water partition coefficient (Wildman–Crippen LogP) is 1.57. The standard InChI is InChI=1S/C10H12F2N4/c11-10(12,5-13)6-14-9-15-7-3-1-2-4-8(7)16-9/h1-4H,5-6,13H2,(H2,14,15,16). The number of anilines is 1. The van der Waals surface area contributed by atoms with Crippen LogP contribution in [0.15, 0.2) is 24.3 Å². The van der Waals surface area contributed by atoms with E-state index in [0.29, 0.717) is 5.95 Å². The number of halogens is 2. The minimum Gasteiger partial charge on any atom is -0.350 e. The fourth-order valence-corrected chi connectivity index (χ4v) is 1.32. The molecule has 0 saturated carbocycles. The van der Waals surface area contributed by atoms with Crippen LogP contribution in [0.5, 0.6) is 0 Å². The van der Waals surface area contributed by atoms with Gasteiger partial charge in [-0.15, -0.1) is 0 Å². The first-order valence-electron chi connectivity index (χ1n) is 4.87. The maximum Gasteiger partial charge on any atom is 0.277 e. The van der Waals surface area contributed by atoms with Gasteiger partial charge in [-0.2, -0.15) is 0 Å². The van der Waals surface area contributed by atoms with Crippen molar-refractivity contribution in [3.63, 3.8) is 0 Å². The van der Waals surface area contributed by atoms with E-state index in [0.717, 1.165) is 11.0 Å². The molecule has 2 aromatic rings. The van der Waals surface area contributed by atoms with E-state index in [1.54, 1.807) is 6.07 Å². The van der Waals surface area contributed by atoms with Gasteiger partial charge in [0.05, 0.1) is 24.1 Å². The molecule has 0 aliphatic rings. The minimum atomic E-state index is -2.92. The molecule has 86 valence electrons.